The molecule has 1 aliphatic heterocycles. The lowest BCUT2D eigenvalue weighted by atomic mass is 9.82. The second kappa shape index (κ2) is 8.82. The molecule has 0 radical (unpaired) electrons. The molecule has 1 aromatic carbocycles. The second-order valence-electron chi connectivity index (χ2n) is 7.48. The van der Waals surface area contributed by atoms with E-state index in [-0.39, 0.29) is 12.0 Å². The van der Waals surface area contributed by atoms with E-state index in [4.69, 9.17) is 19.3 Å². The average Bonchev–Trinajstić information content (AvgIpc) is 2.66. The van der Waals surface area contributed by atoms with E-state index in [9.17, 15) is 9.59 Å². The van der Waals surface area contributed by atoms with Crippen molar-refractivity contribution in [2.75, 3.05) is 31.8 Å². The second-order valence-corrected chi connectivity index (χ2v) is 7.48. The van der Waals surface area contributed by atoms with Gasteiger partial charge in [0.2, 0.25) is 0 Å². The minimum atomic E-state index is -0.781. The van der Waals surface area contributed by atoms with E-state index in [0.717, 1.165) is 43.9 Å². The van der Waals surface area contributed by atoms with Gasteiger partial charge < -0.3 is 24.2 Å². The average molecular weight is 391 g/mol. The number of carbonyl (C=O) groups is 2. The molecule has 0 amide bonds. The van der Waals surface area contributed by atoms with Gasteiger partial charge in [-0.05, 0) is 51.2 Å². The molecule has 1 heterocycles. The van der Waals surface area contributed by atoms with Crippen molar-refractivity contribution in [3.05, 3.63) is 23.3 Å². The Kier molecular flexibility index (Phi) is 6.44. The summed E-state index contributed by atoms with van der Waals surface area (Å²) in [7, 11) is 1.37. The number of hydrogen-bond acceptors (Lipinski definition) is 6. The van der Waals surface area contributed by atoms with Crippen LogP contribution >= 0.6 is 0 Å². The molecule has 1 saturated carbocycles. The SMILES string of the molecule is CCN(c1cc(OC2CC(C(=O)O)C2)cc(C(=O)OC)c1C)C1CCOCC1. The van der Waals surface area contributed by atoms with E-state index >= 15 is 0 Å². The van der Waals surface area contributed by atoms with Crippen LogP contribution in [0.15, 0.2) is 12.1 Å². The number of hydrogen-bond donors (Lipinski definition) is 1. The van der Waals surface area contributed by atoms with Crippen LogP contribution in [0.2, 0.25) is 0 Å². The number of esters is 1. The third kappa shape index (κ3) is 4.24. The van der Waals surface area contributed by atoms with Crippen LogP contribution in [0.5, 0.6) is 5.75 Å². The smallest absolute Gasteiger partial charge is 0.338 e. The summed E-state index contributed by atoms with van der Waals surface area (Å²) < 4.78 is 16.5. The van der Waals surface area contributed by atoms with Crippen molar-refractivity contribution in [2.45, 2.75) is 51.7 Å². The molecule has 1 aromatic rings. The molecule has 154 valence electrons. The Morgan fingerprint density at radius 1 is 1.25 bits per heavy atom. The number of carboxylic acids is 1. The highest BCUT2D eigenvalue weighted by Gasteiger charge is 2.36. The van der Waals surface area contributed by atoms with Crippen molar-refractivity contribution < 1.29 is 28.9 Å². The lowest BCUT2D eigenvalue weighted by Crippen LogP contribution is -2.40. The molecule has 1 N–H and O–H groups in total. The van der Waals surface area contributed by atoms with Gasteiger partial charge in [-0.1, -0.05) is 0 Å². The van der Waals surface area contributed by atoms with E-state index in [1.54, 1.807) is 6.07 Å². The largest absolute Gasteiger partial charge is 0.490 e. The summed E-state index contributed by atoms with van der Waals surface area (Å²) in [6.07, 6.45) is 2.72. The number of anilines is 1. The van der Waals surface area contributed by atoms with E-state index in [1.807, 2.05) is 13.0 Å². The third-order valence-electron chi connectivity index (χ3n) is 5.79. The van der Waals surface area contributed by atoms with Crippen molar-refractivity contribution in [1.29, 1.82) is 0 Å². The molecule has 0 bridgehead atoms. The summed E-state index contributed by atoms with van der Waals surface area (Å²) in [6, 6.07) is 4.02. The first-order chi connectivity index (χ1) is 13.4. The Bertz CT molecular complexity index is 722. The Morgan fingerprint density at radius 2 is 1.93 bits per heavy atom. The molecule has 0 spiro atoms. The van der Waals surface area contributed by atoms with Gasteiger partial charge in [0.15, 0.2) is 0 Å². The molecule has 2 aliphatic rings. The maximum Gasteiger partial charge on any atom is 0.338 e. The van der Waals surface area contributed by atoms with Crippen molar-refractivity contribution in [3.8, 4) is 5.75 Å². The van der Waals surface area contributed by atoms with E-state index < -0.39 is 11.9 Å². The number of ether oxygens (including phenoxy) is 3. The number of nitrogens with zero attached hydrogens (tertiary/aromatic N) is 1. The van der Waals surface area contributed by atoms with Crippen LogP contribution in [0.25, 0.3) is 0 Å². The van der Waals surface area contributed by atoms with Gasteiger partial charge in [0.05, 0.1) is 18.6 Å². The lowest BCUT2D eigenvalue weighted by Gasteiger charge is -2.37. The molecule has 1 saturated heterocycles. The fourth-order valence-corrected chi connectivity index (χ4v) is 4.04. The van der Waals surface area contributed by atoms with Crippen LogP contribution < -0.4 is 9.64 Å². The van der Waals surface area contributed by atoms with Gasteiger partial charge in [-0.25, -0.2) is 4.79 Å². The summed E-state index contributed by atoms with van der Waals surface area (Å²) in [5.41, 5.74) is 2.31. The number of methoxy groups -OCH3 is 1. The summed E-state index contributed by atoms with van der Waals surface area (Å²) in [4.78, 5) is 25.7. The van der Waals surface area contributed by atoms with Crippen LogP contribution in [0.3, 0.4) is 0 Å². The van der Waals surface area contributed by atoms with Gasteiger partial charge in [-0.2, -0.15) is 0 Å². The van der Waals surface area contributed by atoms with Crippen LogP contribution in [-0.4, -0.2) is 56.1 Å². The van der Waals surface area contributed by atoms with Gasteiger partial charge in [0.25, 0.3) is 0 Å². The molecular formula is C21H29NO6. The summed E-state index contributed by atoms with van der Waals surface area (Å²) in [6.45, 7) is 6.30. The predicted molar refractivity (Wildman–Crippen MR) is 104 cm³/mol. The van der Waals surface area contributed by atoms with Gasteiger partial charge >= 0.3 is 11.9 Å². The van der Waals surface area contributed by atoms with Crippen molar-refractivity contribution in [1.82, 2.24) is 0 Å². The highest BCUT2D eigenvalue weighted by molar-refractivity contribution is 5.93. The minimum absolute atomic E-state index is 0.139. The van der Waals surface area contributed by atoms with Crippen LogP contribution in [0.1, 0.15) is 48.5 Å². The Labute approximate surface area is 165 Å². The molecule has 7 nitrogen and oxygen atoms in total. The fourth-order valence-electron chi connectivity index (χ4n) is 4.04. The number of rotatable bonds is 7. The summed E-state index contributed by atoms with van der Waals surface area (Å²) in [5.74, 6) is -0.939. The normalized spacial score (nSPS) is 22.2. The zero-order chi connectivity index (χ0) is 20.3. The van der Waals surface area contributed by atoms with Crippen LogP contribution in [-0.2, 0) is 14.3 Å². The Hall–Kier alpha value is -2.28. The summed E-state index contributed by atoms with van der Waals surface area (Å²) >= 11 is 0. The molecular weight excluding hydrogens is 362 g/mol. The molecule has 0 aromatic heterocycles. The van der Waals surface area contributed by atoms with E-state index in [1.165, 1.54) is 7.11 Å². The predicted octanol–water partition coefficient (Wildman–Crippen LogP) is 3.03. The monoisotopic (exact) mass is 391 g/mol. The van der Waals surface area contributed by atoms with E-state index in [0.29, 0.717) is 30.2 Å². The molecule has 0 atom stereocenters. The Morgan fingerprint density at radius 3 is 2.50 bits per heavy atom. The first-order valence-electron chi connectivity index (χ1n) is 9.91. The molecule has 28 heavy (non-hydrogen) atoms. The van der Waals surface area contributed by atoms with Crippen molar-refractivity contribution in [2.24, 2.45) is 5.92 Å². The number of aliphatic carboxylic acids is 1. The first-order valence-corrected chi connectivity index (χ1v) is 9.91. The highest BCUT2D eigenvalue weighted by atomic mass is 16.5. The lowest BCUT2D eigenvalue weighted by molar-refractivity contribution is -0.147. The van der Waals surface area contributed by atoms with Gasteiger partial charge in [-0.15, -0.1) is 0 Å². The zero-order valence-corrected chi connectivity index (χ0v) is 16.8. The van der Waals surface area contributed by atoms with Gasteiger partial charge in [-0.3, -0.25) is 4.79 Å². The number of carbonyl (C=O) groups excluding carboxylic acids is 1. The maximum atomic E-state index is 12.3. The number of benzene rings is 1. The topological polar surface area (TPSA) is 85.3 Å². The van der Waals surface area contributed by atoms with Crippen molar-refractivity contribution >= 4 is 17.6 Å². The van der Waals surface area contributed by atoms with Gasteiger partial charge in [0, 0.05) is 37.6 Å². The molecule has 7 heteroatoms. The first kappa shape index (κ1) is 20.5. The molecule has 3 rings (SSSR count). The molecule has 1 aliphatic carbocycles. The maximum absolute atomic E-state index is 12.3. The Balaban J connectivity index is 1.89. The minimum Gasteiger partial charge on any atom is -0.490 e. The van der Waals surface area contributed by atoms with Gasteiger partial charge in [0.1, 0.15) is 11.9 Å². The molecule has 0 unspecified atom stereocenters. The number of carboxylic acid groups (broad SMARTS) is 1. The molecule has 2 fully saturated rings. The van der Waals surface area contributed by atoms with Crippen LogP contribution in [0, 0.1) is 12.8 Å². The fraction of sp³-hybridized carbons (Fsp3) is 0.619. The highest BCUT2D eigenvalue weighted by Crippen LogP contribution is 2.36. The summed E-state index contributed by atoms with van der Waals surface area (Å²) in [5, 5.41) is 9.06. The van der Waals surface area contributed by atoms with Crippen LogP contribution in [0.4, 0.5) is 5.69 Å². The van der Waals surface area contributed by atoms with E-state index in [2.05, 4.69) is 11.8 Å². The quantitative estimate of drug-likeness (QED) is 0.715. The standard InChI is InChI=1S/C21H29NO6/c1-4-22(15-5-7-27-8-6-15)19-12-17(11-18(13(19)2)21(25)26-3)28-16-9-14(10-16)20(23)24/h11-12,14-16H,4-10H2,1-3H3,(H,23,24). The van der Waals surface area contributed by atoms with Crippen molar-refractivity contribution in [3.63, 3.8) is 0 Å². The zero-order valence-electron chi connectivity index (χ0n) is 16.8. The third-order valence-corrected chi connectivity index (χ3v) is 5.79.